The van der Waals surface area contributed by atoms with Crippen LogP contribution in [0.15, 0.2) is 30.5 Å². The third-order valence-corrected chi connectivity index (χ3v) is 5.18. The standard InChI is InChI=1S/C20H26ClN3O2/c1-20(2,3)24-13-15(12-23-10-6-7-14(11-23)19(25)26)18(22-24)16-8-4-5-9-17(16)21/h4-5,8-9,13-14H,6-7,10-12H2,1-3H3,(H,25,26). The number of aromatic nitrogens is 2. The van der Waals surface area contributed by atoms with Crippen LogP contribution >= 0.6 is 11.6 Å². The summed E-state index contributed by atoms with van der Waals surface area (Å²) >= 11 is 6.42. The van der Waals surface area contributed by atoms with Gasteiger partial charge in [0.25, 0.3) is 0 Å². The predicted molar refractivity (Wildman–Crippen MR) is 103 cm³/mol. The predicted octanol–water partition coefficient (Wildman–Crippen LogP) is 4.26. The Morgan fingerprint density at radius 2 is 2.08 bits per heavy atom. The van der Waals surface area contributed by atoms with Crippen molar-refractivity contribution in [3.8, 4) is 11.3 Å². The second-order valence-corrected chi connectivity index (χ2v) is 8.42. The smallest absolute Gasteiger partial charge is 0.307 e. The van der Waals surface area contributed by atoms with Crippen LogP contribution in [-0.4, -0.2) is 38.8 Å². The number of likely N-dealkylation sites (tertiary alicyclic amines) is 1. The van der Waals surface area contributed by atoms with Crippen LogP contribution in [0.1, 0.15) is 39.2 Å². The molecule has 0 aliphatic carbocycles. The molecule has 1 atom stereocenters. The minimum Gasteiger partial charge on any atom is -0.481 e. The van der Waals surface area contributed by atoms with Crippen LogP contribution in [0.5, 0.6) is 0 Å². The Hall–Kier alpha value is -1.85. The molecule has 1 saturated heterocycles. The summed E-state index contributed by atoms with van der Waals surface area (Å²) in [4.78, 5) is 13.6. The Bertz CT molecular complexity index is 795. The number of carbonyl (C=O) groups is 1. The number of carboxylic acids is 1. The zero-order chi connectivity index (χ0) is 18.9. The third kappa shape index (κ3) is 4.10. The molecular weight excluding hydrogens is 350 g/mol. The Balaban J connectivity index is 1.94. The van der Waals surface area contributed by atoms with E-state index in [0.29, 0.717) is 18.1 Å². The Morgan fingerprint density at radius 3 is 2.73 bits per heavy atom. The van der Waals surface area contributed by atoms with Crippen LogP contribution in [0, 0.1) is 5.92 Å². The molecule has 140 valence electrons. The molecule has 3 rings (SSSR count). The lowest BCUT2D eigenvalue weighted by Crippen LogP contribution is -2.38. The number of halogens is 1. The van der Waals surface area contributed by atoms with Gasteiger partial charge in [0.05, 0.1) is 22.2 Å². The van der Waals surface area contributed by atoms with Gasteiger partial charge in [0.2, 0.25) is 0 Å². The second kappa shape index (κ2) is 7.41. The number of hydrogen-bond donors (Lipinski definition) is 1. The highest BCUT2D eigenvalue weighted by atomic mass is 35.5. The average Bonchev–Trinajstić information content (AvgIpc) is 2.99. The van der Waals surface area contributed by atoms with Gasteiger partial charge in [-0.1, -0.05) is 29.8 Å². The van der Waals surface area contributed by atoms with Gasteiger partial charge >= 0.3 is 5.97 Å². The van der Waals surface area contributed by atoms with Crippen molar-refractivity contribution < 1.29 is 9.90 Å². The van der Waals surface area contributed by atoms with Crippen LogP contribution < -0.4 is 0 Å². The van der Waals surface area contributed by atoms with E-state index in [1.165, 1.54) is 0 Å². The number of piperidine rings is 1. The van der Waals surface area contributed by atoms with Crippen molar-refractivity contribution in [2.24, 2.45) is 5.92 Å². The first kappa shape index (κ1) is 18.9. The Kier molecular flexibility index (Phi) is 5.39. The third-order valence-electron chi connectivity index (χ3n) is 4.86. The molecule has 6 heteroatoms. The first-order valence-electron chi connectivity index (χ1n) is 9.05. The quantitative estimate of drug-likeness (QED) is 0.867. The molecule has 0 saturated carbocycles. The number of benzene rings is 1. The maximum atomic E-state index is 11.4. The molecule has 1 aromatic heterocycles. The monoisotopic (exact) mass is 375 g/mol. The van der Waals surface area contributed by atoms with E-state index < -0.39 is 5.97 Å². The lowest BCUT2D eigenvalue weighted by atomic mass is 9.97. The van der Waals surface area contributed by atoms with E-state index in [4.69, 9.17) is 16.7 Å². The molecular formula is C20H26ClN3O2. The van der Waals surface area contributed by atoms with E-state index in [-0.39, 0.29) is 11.5 Å². The van der Waals surface area contributed by atoms with Gasteiger partial charge in [0, 0.05) is 30.4 Å². The normalized spacial score (nSPS) is 18.8. The van der Waals surface area contributed by atoms with Crippen LogP contribution in [0.4, 0.5) is 0 Å². The lowest BCUT2D eigenvalue weighted by Gasteiger charge is -2.30. The van der Waals surface area contributed by atoms with Crippen molar-refractivity contribution in [1.29, 1.82) is 0 Å². The van der Waals surface area contributed by atoms with E-state index in [1.54, 1.807) is 0 Å². The summed E-state index contributed by atoms with van der Waals surface area (Å²) in [6.45, 7) is 8.51. The Morgan fingerprint density at radius 1 is 1.35 bits per heavy atom. The first-order chi connectivity index (χ1) is 12.3. The van der Waals surface area contributed by atoms with E-state index in [1.807, 2.05) is 28.9 Å². The van der Waals surface area contributed by atoms with Crippen molar-refractivity contribution in [2.45, 2.75) is 45.7 Å². The van der Waals surface area contributed by atoms with Gasteiger partial charge < -0.3 is 5.11 Å². The SMILES string of the molecule is CC(C)(C)n1cc(CN2CCCC(C(=O)O)C2)c(-c2ccccc2Cl)n1. The van der Waals surface area contributed by atoms with Crippen LogP contribution in [0.3, 0.4) is 0 Å². The first-order valence-corrected chi connectivity index (χ1v) is 9.42. The highest BCUT2D eigenvalue weighted by molar-refractivity contribution is 6.33. The summed E-state index contributed by atoms with van der Waals surface area (Å²) in [5.41, 5.74) is 2.74. The van der Waals surface area contributed by atoms with E-state index in [2.05, 4.69) is 31.9 Å². The molecule has 5 nitrogen and oxygen atoms in total. The van der Waals surface area contributed by atoms with E-state index in [9.17, 15) is 9.90 Å². The van der Waals surface area contributed by atoms with Crippen LogP contribution in [0.25, 0.3) is 11.3 Å². The maximum Gasteiger partial charge on any atom is 0.307 e. The van der Waals surface area contributed by atoms with Gasteiger partial charge in [-0.3, -0.25) is 14.4 Å². The molecule has 0 bridgehead atoms. The summed E-state index contributed by atoms with van der Waals surface area (Å²) in [6, 6.07) is 7.73. The van der Waals surface area contributed by atoms with E-state index >= 15 is 0 Å². The van der Waals surface area contributed by atoms with Gasteiger partial charge in [-0.25, -0.2) is 0 Å². The molecule has 26 heavy (non-hydrogen) atoms. The second-order valence-electron chi connectivity index (χ2n) is 8.01. The molecule has 1 aliphatic heterocycles. The largest absolute Gasteiger partial charge is 0.481 e. The van der Waals surface area contributed by atoms with Gasteiger partial charge in [-0.15, -0.1) is 0 Å². The van der Waals surface area contributed by atoms with Gasteiger partial charge in [-0.2, -0.15) is 5.10 Å². The summed E-state index contributed by atoms with van der Waals surface area (Å²) in [7, 11) is 0. The van der Waals surface area contributed by atoms with Gasteiger partial charge in [0.1, 0.15) is 0 Å². The molecule has 1 aromatic carbocycles. The fraction of sp³-hybridized carbons (Fsp3) is 0.500. The van der Waals surface area contributed by atoms with Crippen molar-refractivity contribution >= 4 is 17.6 Å². The fourth-order valence-electron chi connectivity index (χ4n) is 3.39. The van der Waals surface area contributed by atoms with Crippen LogP contribution in [-0.2, 0) is 16.9 Å². The molecule has 1 unspecified atom stereocenters. The maximum absolute atomic E-state index is 11.4. The summed E-state index contributed by atoms with van der Waals surface area (Å²) in [5.74, 6) is -0.989. The van der Waals surface area contributed by atoms with Crippen molar-refractivity contribution in [3.63, 3.8) is 0 Å². The average molecular weight is 376 g/mol. The molecule has 2 aromatic rings. The minimum atomic E-state index is -0.702. The zero-order valence-electron chi connectivity index (χ0n) is 15.6. The zero-order valence-corrected chi connectivity index (χ0v) is 16.3. The topological polar surface area (TPSA) is 58.4 Å². The van der Waals surface area contributed by atoms with Gasteiger partial charge in [-0.05, 0) is 46.2 Å². The number of aliphatic carboxylic acids is 1. The summed E-state index contributed by atoms with van der Waals surface area (Å²) in [5, 5.41) is 14.8. The molecule has 0 radical (unpaired) electrons. The molecule has 0 amide bonds. The minimum absolute atomic E-state index is 0.139. The fourth-order valence-corrected chi connectivity index (χ4v) is 3.62. The molecule has 2 heterocycles. The highest BCUT2D eigenvalue weighted by Gasteiger charge is 2.27. The van der Waals surface area contributed by atoms with Crippen LogP contribution in [0.2, 0.25) is 5.02 Å². The number of nitrogens with zero attached hydrogens (tertiary/aromatic N) is 3. The Labute approximate surface area is 159 Å². The van der Waals surface area contributed by atoms with Crippen molar-refractivity contribution in [3.05, 3.63) is 41.0 Å². The molecule has 1 N–H and O–H groups in total. The molecule has 1 aliphatic rings. The summed E-state index contributed by atoms with van der Waals surface area (Å²) in [6.07, 6.45) is 3.74. The lowest BCUT2D eigenvalue weighted by molar-refractivity contribution is -0.143. The van der Waals surface area contributed by atoms with Gasteiger partial charge in [0.15, 0.2) is 0 Å². The number of carboxylic acid groups (broad SMARTS) is 1. The highest BCUT2D eigenvalue weighted by Crippen LogP contribution is 2.32. The molecule has 0 spiro atoms. The van der Waals surface area contributed by atoms with Crippen molar-refractivity contribution in [2.75, 3.05) is 13.1 Å². The summed E-state index contributed by atoms with van der Waals surface area (Å²) < 4.78 is 1.97. The van der Waals surface area contributed by atoms with Crippen molar-refractivity contribution in [1.82, 2.24) is 14.7 Å². The molecule has 1 fully saturated rings. The number of rotatable bonds is 4. The van der Waals surface area contributed by atoms with E-state index in [0.717, 1.165) is 36.2 Å². The number of hydrogen-bond acceptors (Lipinski definition) is 3.